The van der Waals surface area contributed by atoms with Crippen LogP contribution in [-0.4, -0.2) is 36.0 Å². The van der Waals surface area contributed by atoms with Gasteiger partial charge >= 0.3 is 0 Å². The third-order valence-electron chi connectivity index (χ3n) is 3.88. The highest BCUT2D eigenvalue weighted by atomic mass is 35.5. The number of hydrogen-bond acceptors (Lipinski definition) is 3. The molecule has 1 heterocycles. The molecule has 4 nitrogen and oxygen atoms in total. The predicted molar refractivity (Wildman–Crippen MR) is 72.8 cm³/mol. The monoisotopic (exact) mass is 298 g/mol. The van der Waals surface area contributed by atoms with Gasteiger partial charge in [-0.25, -0.2) is 4.39 Å². The van der Waals surface area contributed by atoms with Gasteiger partial charge in [-0.1, -0.05) is 17.7 Å². The highest BCUT2D eigenvalue weighted by Gasteiger charge is 2.48. The van der Waals surface area contributed by atoms with Crippen molar-refractivity contribution in [2.45, 2.75) is 24.5 Å². The molecular formula is C14H16ClFN2O2. The van der Waals surface area contributed by atoms with Crippen LogP contribution in [0.3, 0.4) is 0 Å². The molecule has 1 aromatic carbocycles. The SMILES string of the molecule is NC1(C(=O)N2CCOC(c3ccc(F)c(Cl)c3)C2)CC1. The summed E-state index contributed by atoms with van der Waals surface area (Å²) in [7, 11) is 0. The minimum atomic E-state index is -0.664. The molecule has 108 valence electrons. The summed E-state index contributed by atoms with van der Waals surface area (Å²) in [5, 5.41) is 0.0621. The Morgan fingerprint density at radius 3 is 2.90 bits per heavy atom. The smallest absolute Gasteiger partial charge is 0.242 e. The van der Waals surface area contributed by atoms with E-state index < -0.39 is 11.4 Å². The molecule has 1 unspecified atom stereocenters. The second-order valence-electron chi connectivity index (χ2n) is 5.44. The van der Waals surface area contributed by atoms with E-state index in [4.69, 9.17) is 22.1 Å². The molecule has 20 heavy (non-hydrogen) atoms. The van der Waals surface area contributed by atoms with Crippen molar-refractivity contribution in [3.8, 4) is 0 Å². The number of halogens is 2. The van der Waals surface area contributed by atoms with E-state index in [0.29, 0.717) is 19.7 Å². The predicted octanol–water partition coefficient (Wildman–Crippen LogP) is 1.87. The van der Waals surface area contributed by atoms with Crippen molar-refractivity contribution in [2.24, 2.45) is 5.73 Å². The second kappa shape index (κ2) is 4.98. The minimum Gasteiger partial charge on any atom is -0.370 e. The van der Waals surface area contributed by atoms with E-state index in [9.17, 15) is 9.18 Å². The van der Waals surface area contributed by atoms with Gasteiger partial charge in [0, 0.05) is 6.54 Å². The number of nitrogens with two attached hydrogens (primary N) is 1. The zero-order valence-corrected chi connectivity index (χ0v) is 11.7. The summed E-state index contributed by atoms with van der Waals surface area (Å²) in [6.07, 6.45) is 1.21. The fourth-order valence-corrected chi connectivity index (χ4v) is 2.60. The molecule has 1 saturated heterocycles. The Kier molecular flexibility index (Phi) is 3.44. The van der Waals surface area contributed by atoms with Gasteiger partial charge in [-0.2, -0.15) is 0 Å². The first-order valence-electron chi connectivity index (χ1n) is 6.64. The standard InChI is InChI=1S/C14H16ClFN2O2/c15-10-7-9(1-2-11(10)16)12-8-18(5-6-20-12)13(19)14(17)3-4-14/h1-2,7,12H,3-6,8,17H2. The number of benzene rings is 1. The first-order valence-corrected chi connectivity index (χ1v) is 7.02. The number of carbonyl (C=O) groups is 1. The van der Waals surface area contributed by atoms with Gasteiger partial charge in [0.1, 0.15) is 11.9 Å². The van der Waals surface area contributed by atoms with E-state index in [1.54, 1.807) is 17.0 Å². The molecule has 1 atom stereocenters. The summed E-state index contributed by atoms with van der Waals surface area (Å²) in [6.45, 7) is 1.42. The maximum absolute atomic E-state index is 13.2. The van der Waals surface area contributed by atoms with Crippen molar-refractivity contribution in [3.63, 3.8) is 0 Å². The molecular weight excluding hydrogens is 283 g/mol. The van der Waals surface area contributed by atoms with Crippen LogP contribution in [0, 0.1) is 5.82 Å². The van der Waals surface area contributed by atoms with Crippen molar-refractivity contribution in [3.05, 3.63) is 34.6 Å². The zero-order chi connectivity index (χ0) is 14.3. The summed E-state index contributed by atoms with van der Waals surface area (Å²) in [5.41, 5.74) is 6.06. The Bertz CT molecular complexity index is 548. The molecule has 0 bridgehead atoms. The van der Waals surface area contributed by atoms with Gasteiger partial charge in [-0.15, -0.1) is 0 Å². The van der Waals surface area contributed by atoms with Gasteiger partial charge in [0.05, 0.1) is 23.7 Å². The molecule has 1 saturated carbocycles. The lowest BCUT2D eigenvalue weighted by Crippen LogP contribution is -2.50. The molecule has 1 aliphatic heterocycles. The molecule has 6 heteroatoms. The van der Waals surface area contributed by atoms with Gasteiger partial charge in [0.25, 0.3) is 0 Å². The summed E-state index contributed by atoms with van der Waals surface area (Å²) in [4.78, 5) is 14.0. The first-order chi connectivity index (χ1) is 9.49. The van der Waals surface area contributed by atoms with Crippen LogP contribution in [0.2, 0.25) is 5.02 Å². The maximum atomic E-state index is 13.2. The first kappa shape index (κ1) is 13.8. The molecule has 0 spiro atoms. The number of ether oxygens (including phenoxy) is 1. The van der Waals surface area contributed by atoms with Crippen molar-refractivity contribution in [2.75, 3.05) is 19.7 Å². The van der Waals surface area contributed by atoms with Crippen molar-refractivity contribution in [1.82, 2.24) is 4.90 Å². The molecule has 0 aromatic heterocycles. The number of morpholine rings is 1. The van der Waals surface area contributed by atoms with Crippen LogP contribution in [-0.2, 0) is 9.53 Å². The van der Waals surface area contributed by atoms with Crippen molar-refractivity contribution < 1.29 is 13.9 Å². The van der Waals surface area contributed by atoms with Gasteiger partial charge < -0.3 is 15.4 Å². The van der Waals surface area contributed by atoms with Crippen LogP contribution in [0.5, 0.6) is 0 Å². The van der Waals surface area contributed by atoms with Gasteiger partial charge in [0.15, 0.2) is 0 Å². The quantitative estimate of drug-likeness (QED) is 0.907. The molecule has 0 radical (unpaired) electrons. The van der Waals surface area contributed by atoms with Gasteiger partial charge in [-0.05, 0) is 30.5 Å². The zero-order valence-electron chi connectivity index (χ0n) is 10.9. The lowest BCUT2D eigenvalue weighted by molar-refractivity contribution is -0.141. The lowest BCUT2D eigenvalue weighted by Gasteiger charge is -2.34. The summed E-state index contributed by atoms with van der Waals surface area (Å²) >= 11 is 5.78. The largest absolute Gasteiger partial charge is 0.370 e. The van der Waals surface area contributed by atoms with Crippen LogP contribution in [0.1, 0.15) is 24.5 Å². The van der Waals surface area contributed by atoms with Crippen molar-refractivity contribution >= 4 is 17.5 Å². The third kappa shape index (κ3) is 2.53. The molecule has 1 aromatic rings. The highest BCUT2D eigenvalue weighted by Crippen LogP contribution is 2.35. The van der Waals surface area contributed by atoms with E-state index >= 15 is 0 Å². The van der Waals surface area contributed by atoms with E-state index in [0.717, 1.165) is 18.4 Å². The topological polar surface area (TPSA) is 55.6 Å². The fourth-order valence-electron chi connectivity index (χ4n) is 2.41. The molecule has 2 N–H and O–H groups in total. The van der Waals surface area contributed by atoms with Crippen LogP contribution < -0.4 is 5.73 Å². The average molecular weight is 299 g/mol. The van der Waals surface area contributed by atoms with Crippen molar-refractivity contribution in [1.29, 1.82) is 0 Å². The Morgan fingerprint density at radius 2 is 2.25 bits per heavy atom. The number of hydrogen-bond donors (Lipinski definition) is 1. The Balaban J connectivity index is 1.74. The number of rotatable bonds is 2. The fraction of sp³-hybridized carbons (Fsp3) is 0.500. The summed E-state index contributed by atoms with van der Waals surface area (Å²) in [6, 6.07) is 4.49. The minimum absolute atomic E-state index is 0.0148. The Morgan fingerprint density at radius 1 is 1.50 bits per heavy atom. The van der Waals surface area contributed by atoms with Crippen LogP contribution in [0.15, 0.2) is 18.2 Å². The normalized spacial score (nSPS) is 24.6. The van der Waals surface area contributed by atoms with E-state index in [2.05, 4.69) is 0 Å². The van der Waals surface area contributed by atoms with E-state index in [1.165, 1.54) is 6.07 Å². The number of amides is 1. The van der Waals surface area contributed by atoms with Crippen LogP contribution in [0.4, 0.5) is 4.39 Å². The van der Waals surface area contributed by atoms with Crippen LogP contribution in [0.25, 0.3) is 0 Å². The van der Waals surface area contributed by atoms with Gasteiger partial charge in [-0.3, -0.25) is 4.79 Å². The van der Waals surface area contributed by atoms with Gasteiger partial charge in [0.2, 0.25) is 5.91 Å². The molecule has 2 aliphatic rings. The lowest BCUT2D eigenvalue weighted by atomic mass is 10.1. The Hall–Kier alpha value is -1.17. The molecule has 1 amide bonds. The maximum Gasteiger partial charge on any atom is 0.242 e. The molecule has 2 fully saturated rings. The van der Waals surface area contributed by atoms with Crippen LogP contribution >= 0.6 is 11.6 Å². The number of carbonyl (C=O) groups excluding carboxylic acids is 1. The van der Waals surface area contributed by atoms with E-state index in [1.807, 2.05) is 0 Å². The summed E-state index contributed by atoms with van der Waals surface area (Å²) in [5.74, 6) is -0.475. The third-order valence-corrected chi connectivity index (χ3v) is 4.17. The highest BCUT2D eigenvalue weighted by molar-refractivity contribution is 6.30. The Labute approximate surface area is 121 Å². The molecule has 3 rings (SSSR count). The number of nitrogens with zero attached hydrogens (tertiary/aromatic N) is 1. The van der Waals surface area contributed by atoms with E-state index in [-0.39, 0.29) is 17.0 Å². The second-order valence-corrected chi connectivity index (χ2v) is 5.85. The molecule has 1 aliphatic carbocycles. The average Bonchev–Trinajstić information content (AvgIpc) is 3.20. The summed E-state index contributed by atoms with van der Waals surface area (Å²) < 4.78 is 18.8.